The Bertz CT molecular complexity index is 811. The Kier molecular flexibility index (Phi) is 4.57. The molecule has 0 aliphatic heterocycles. The van der Waals surface area contributed by atoms with Crippen LogP contribution in [-0.4, -0.2) is 22.8 Å². The molecule has 0 unspecified atom stereocenters. The van der Waals surface area contributed by atoms with Crippen LogP contribution in [0.15, 0.2) is 54.7 Å². The number of ether oxygens (including phenoxy) is 1. The molecule has 0 spiro atoms. The molecule has 0 saturated heterocycles. The summed E-state index contributed by atoms with van der Waals surface area (Å²) >= 11 is 0. The average Bonchev–Trinajstić information content (AvgIpc) is 3.01. The number of para-hydroxylation sites is 1. The normalized spacial score (nSPS) is 10.7. The van der Waals surface area contributed by atoms with Crippen LogP contribution in [0.2, 0.25) is 0 Å². The highest BCUT2D eigenvalue weighted by Crippen LogP contribution is 2.13. The molecule has 1 heterocycles. The van der Waals surface area contributed by atoms with Gasteiger partial charge in [-0.25, -0.2) is 0 Å². The second-order valence-corrected chi connectivity index (χ2v) is 5.30. The number of aromatic nitrogens is 2. The van der Waals surface area contributed by atoms with Crippen LogP contribution in [0.3, 0.4) is 0 Å². The minimum Gasteiger partial charge on any atom is -0.497 e. The van der Waals surface area contributed by atoms with Gasteiger partial charge >= 0.3 is 0 Å². The topological polar surface area (TPSA) is 56.1 Å². The van der Waals surface area contributed by atoms with Gasteiger partial charge in [-0.3, -0.25) is 9.48 Å². The van der Waals surface area contributed by atoms with E-state index < -0.39 is 0 Å². The van der Waals surface area contributed by atoms with E-state index in [1.165, 1.54) is 0 Å². The third kappa shape index (κ3) is 3.69. The number of methoxy groups -OCH3 is 1. The summed E-state index contributed by atoms with van der Waals surface area (Å²) < 4.78 is 7.04. The van der Waals surface area contributed by atoms with Gasteiger partial charge in [0.2, 0.25) is 5.91 Å². The summed E-state index contributed by atoms with van der Waals surface area (Å²) in [6.45, 7) is 1.06. The Morgan fingerprint density at radius 1 is 1.22 bits per heavy atom. The van der Waals surface area contributed by atoms with Crippen molar-refractivity contribution in [1.29, 1.82) is 0 Å². The first-order valence-corrected chi connectivity index (χ1v) is 7.56. The van der Waals surface area contributed by atoms with E-state index in [0.29, 0.717) is 19.5 Å². The molecule has 0 radical (unpaired) electrons. The number of aryl methyl sites for hydroxylation is 1. The fourth-order valence-electron chi connectivity index (χ4n) is 2.48. The Hall–Kier alpha value is -2.82. The summed E-state index contributed by atoms with van der Waals surface area (Å²) in [6.07, 6.45) is 2.22. The maximum Gasteiger partial charge on any atom is 0.222 e. The maximum atomic E-state index is 12.0. The molecular formula is C18H19N3O2. The van der Waals surface area contributed by atoms with Gasteiger partial charge in [0, 0.05) is 18.4 Å². The number of carbonyl (C=O) groups is 1. The Balaban J connectivity index is 1.53. The van der Waals surface area contributed by atoms with E-state index in [2.05, 4.69) is 10.4 Å². The number of benzene rings is 2. The summed E-state index contributed by atoms with van der Waals surface area (Å²) in [5.74, 6) is 0.798. The molecule has 5 heteroatoms. The molecule has 3 aromatic rings. The number of carbonyl (C=O) groups excluding carboxylic acids is 1. The first-order chi connectivity index (χ1) is 11.3. The minimum atomic E-state index is 0.00685. The van der Waals surface area contributed by atoms with E-state index in [4.69, 9.17) is 4.74 Å². The van der Waals surface area contributed by atoms with Crippen molar-refractivity contribution < 1.29 is 9.53 Å². The monoisotopic (exact) mass is 309 g/mol. The van der Waals surface area contributed by atoms with Gasteiger partial charge in [0.1, 0.15) is 5.75 Å². The number of nitrogens with one attached hydrogen (secondary N) is 1. The fourth-order valence-corrected chi connectivity index (χ4v) is 2.48. The fraction of sp³-hybridized carbons (Fsp3) is 0.222. The summed E-state index contributed by atoms with van der Waals surface area (Å²) in [4.78, 5) is 12.0. The number of hydrogen-bond acceptors (Lipinski definition) is 3. The van der Waals surface area contributed by atoms with E-state index in [-0.39, 0.29) is 5.91 Å². The van der Waals surface area contributed by atoms with Gasteiger partial charge in [-0.2, -0.15) is 5.10 Å². The summed E-state index contributed by atoms with van der Waals surface area (Å²) in [6, 6.07) is 15.7. The zero-order valence-corrected chi connectivity index (χ0v) is 13.0. The SMILES string of the molecule is COc1cccc(CNC(=O)CCn2ncc3ccccc32)c1. The molecule has 0 fully saturated rings. The third-order valence-electron chi connectivity index (χ3n) is 3.73. The lowest BCUT2D eigenvalue weighted by atomic mass is 10.2. The van der Waals surface area contributed by atoms with Crippen molar-refractivity contribution >= 4 is 16.8 Å². The third-order valence-corrected chi connectivity index (χ3v) is 3.73. The molecule has 3 rings (SSSR count). The number of amides is 1. The van der Waals surface area contributed by atoms with Gasteiger partial charge in [0.25, 0.3) is 0 Å². The van der Waals surface area contributed by atoms with Crippen molar-refractivity contribution in [2.24, 2.45) is 0 Å². The standard InChI is InChI=1S/C18H19N3O2/c1-23-16-7-4-5-14(11-16)12-19-18(22)9-10-21-17-8-3-2-6-15(17)13-20-21/h2-8,11,13H,9-10,12H2,1H3,(H,19,22). The van der Waals surface area contributed by atoms with Gasteiger partial charge in [-0.05, 0) is 23.8 Å². The van der Waals surface area contributed by atoms with Crippen LogP contribution in [0.1, 0.15) is 12.0 Å². The number of rotatable bonds is 6. The molecular weight excluding hydrogens is 290 g/mol. The van der Waals surface area contributed by atoms with Crippen molar-refractivity contribution in [3.63, 3.8) is 0 Å². The molecule has 1 aromatic heterocycles. The van der Waals surface area contributed by atoms with Gasteiger partial charge < -0.3 is 10.1 Å². The largest absolute Gasteiger partial charge is 0.497 e. The lowest BCUT2D eigenvalue weighted by molar-refractivity contribution is -0.121. The van der Waals surface area contributed by atoms with Gasteiger partial charge in [0.05, 0.1) is 25.4 Å². The predicted molar refractivity (Wildman–Crippen MR) is 89.2 cm³/mol. The zero-order chi connectivity index (χ0) is 16.1. The Labute approximate surface area is 134 Å². The highest BCUT2D eigenvalue weighted by atomic mass is 16.5. The molecule has 0 aliphatic carbocycles. The van der Waals surface area contributed by atoms with E-state index in [1.807, 2.05) is 59.4 Å². The second-order valence-electron chi connectivity index (χ2n) is 5.30. The molecule has 1 N–H and O–H groups in total. The Morgan fingerprint density at radius 3 is 2.96 bits per heavy atom. The van der Waals surface area contributed by atoms with Crippen LogP contribution in [0.4, 0.5) is 0 Å². The average molecular weight is 309 g/mol. The van der Waals surface area contributed by atoms with Crippen LogP contribution in [-0.2, 0) is 17.9 Å². The van der Waals surface area contributed by atoms with Crippen LogP contribution in [0.5, 0.6) is 5.75 Å². The van der Waals surface area contributed by atoms with Gasteiger partial charge in [0.15, 0.2) is 0 Å². The molecule has 0 bridgehead atoms. The molecule has 118 valence electrons. The molecule has 1 amide bonds. The molecule has 0 aliphatic rings. The number of nitrogens with zero attached hydrogens (tertiary/aromatic N) is 2. The van der Waals surface area contributed by atoms with E-state index in [0.717, 1.165) is 22.2 Å². The van der Waals surface area contributed by atoms with Crippen molar-refractivity contribution in [1.82, 2.24) is 15.1 Å². The molecule has 23 heavy (non-hydrogen) atoms. The summed E-state index contributed by atoms with van der Waals surface area (Å²) in [7, 11) is 1.63. The molecule has 2 aromatic carbocycles. The van der Waals surface area contributed by atoms with Gasteiger partial charge in [-0.15, -0.1) is 0 Å². The second kappa shape index (κ2) is 6.96. The van der Waals surface area contributed by atoms with Crippen molar-refractivity contribution in [2.45, 2.75) is 19.5 Å². The smallest absolute Gasteiger partial charge is 0.222 e. The van der Waals surface area contributed by atoms with E-state index in [1.54, 1.807) is 7.11 Å². The first-order valence-electron chi connectivity index (χ1n) is 7.56. The van der Waals surface area contributed by atoms with Crippen LogP contribution < -0.4 is 10.1 Å². The van der Waals surface area contributed by atoms with Crippen molar-refractivity contribution in [3.05, 3.63) is 60.3 Å². The van der Waals surface area contributed by atoms with Crippen LogP contribution in [0, 0.1) is 0 Å². The van der Waals surface area contributed by atoms with Crippen LogP contribution in [0.25, 0.3) is 10.9 Å². The van der Waals surface area contributed by atoms with Crippen LogP contribution >= 0.6 is 0 Å². The number of hydrogen-bond donors (Lipinski definition) is 1. The van der Waals surface area contributed by atoms with Crippen molar-refractivity contribution in [2.75, 3.05) is 7.11 Å². The minimum absolute atomic E-state index is 0.00685. The van der Waals surface area contributed by atoms with E-state index in [9.17, 15) is 4.79 Å². The highest BCUT2D eigenvalue weighted by molar-refractivity contribution is 5.79. The summed E-state index contributed by atoms with van der Waals surface area (Å²) in [5.41, 5.74) is 2.07. The highest BCUT2D eigenvalue weighted by Gasteiger charge is 2.06. The van der Waals surface area contributed by atoms with Crippen molar-refractivity contribution in [3.8, 4) is 5.75 Å². The lowest BCUT2D eigenvalue weighted by Gasteiger charge is -2.07. The van der Waals surface area contributed by atoms with E-state index >= 15 is 0 Å². The lowest BCUT2D eigenvalue weighted by Crippen LogP contribution is -2.24. The maximum absolute atomic E-state index is 12.0. The Morgan fingerprint density at radius 2 is 2.09 bits per heavy atom. The molecule has 0 saturated carbocycles. The number of fused-ring (bicyclic) bond motifs is 1. The summed E-state index contributed by atoms with van der Waals surface area (Å²) in [5, 5.41) is 8.34. The first kappa shape index (κ1) is 15.1. The molecule has 5 nitrogen and oxygen atoms in total. The zero-order valence-electron chi connectivity index (χ0n) is 13.0. The predicted octanol–water partition coefficient (Wildman–Crippen LogP) is 2.75. The molecule has 0 atom stereocenters. The quantitative estimate of drug-likeness (QED) is 0.762. The van der Waals surface area contributed by atoms with Gasteiger partial charge in [-0.1, -0.05) is 30.3 Å².